The van der Waals surface area contributed by atoms with Gasteiger partial charge in [0, 0.05) is 21.8 Å². The van der Waals surface area contributed by atoms with Crippen molar-refractivity contribution in [1.29, 1.82) is 0 Å². The van der Waals surface area contributed by atoms with Gasteiger partial charge in [-0.15, -0.1) is 0 Å². The zero-order valence-corrected chi connectivity index (χ0v) is 23.0. The van der Waals surface area contributed by atoms with E-state index in [-0.39, 0.29) is 21.6 Å². The first-order valence-electron chi connectivity index (χ1n) is 11.7. The van der Waals surface area contributed by atoms with Gasteiger partial charge in [0.1, 0.15) is 17.3 Å². The first-order valence-corrected chi connectivity index (χ1v) is 12.4. The molecule has 0 aliphatic heterocycles. The number of phenolic OH excluding ortho intramolecular Hbond substituents is 2. The Hall–Kier alpha value is -2.69. The lowest BCUT2D eigenvalue weighted by molar-refractivity contribution is 0.423. The van der Waals surface area contributed by atoms with Crippen LogP contribution in [0.3, 0.4) is 0 Å². The number of phenols is 2. The maximum absolute atomic E-state index is 11.3. The predicted molar refractivity (Wildman–Crippen MR) is 147 cm³/mol. The number of hydrogen-bond donors (Lipinski definition) is 2. The second-order valence-corrected chi connectivity index (χ2v) is 12.2. The SMILES string of the molecule is Cc1cc(C)c2c(c1)nc(-c1cc(Cl)cc(Cl)c1O)n2-c1cc(C(C)(C)C)c(O)c(C(C)(C)C)c1. The molecule has 0 saturated heterocycles. The van der Waals surface area contributed by atoms with Crippen molar-refractivity contribution in [3.8, 4) is 28.6 Å². The van der Waals surface area contributed by atoms with Gasteiger partial charge < -0.3 is 10.2 Å². The Labute approximate surface area is 217 Å². The van der Waals surface area contributed by atoms with E-state index >= 15 is 0 Å². The third kappa shape index (κ3) is 4.50. The molecule has 0 radical (unpaired) electrons. The van der Waals surface area contributed by atoms with Crippen LogP contribution in [0.25, 0.3) is 28.1 Å². The third-order valence-corrected chi connectivity index (χ3v) is 6.83. The fourth-order valence-electron chi connectivity index (χ4n) is 4.64. The molecule has 1 heterocycles. The number of imidazole rings is 1. The lowest BCUT2D eigenvalue weighted by Crippen LogP contribution is -2.18. The van der Waals surface area contributed by atoms with E-state index in [4.69, 9.17) is 28.2 Å². The number of nitrogens with zero attached hydrogens (tertiary/aromatic N) is 2. The second kappa shape index (κ2) is 8.46. The maximum Gasteiger partial charge on any atom is 0.149 e. The van der Waals surface area contributed by atoms with Gasteiger partial charge in [-0.25, -0.2) is 4.98 Å². The van der Waals surface area contributed by atoms with Crippen molar-refractivity contribution in [1.82, 2.24) is 9.55 Å². The van der Waals surface area contributed by atoms with Crippen molar-refractivity contribution in [2.24, 2.45) is 0 Å². The van der Waals surface area contributed by atoms with Crippen LogP contribution in [0.5, 0.6) is 11.5 Å². The second-order valence-electron chi connectivity index (χ2n) is 11.4. The van der Waals surface area contributed by atoms with Crippen LogP contribution >= 0.6 is 23.2 Å². The van der Waals surface area contributed by atoms with Crippen LogP contribution in [-0.2, 0) is 10.8 Å². The number of hydrogen-bond acceptors (Lipinski definition) is 3. The van der Waals surface area contributed by atoms with E-state index in [1.54, 1.807) is 6.07 Å². The lowest BCUT2D eigenvalue weighted by atomic mass is 9.79. The van der Waals surface area contributed by atoms with Crippen molar-refractivity contribution in [2.75, 3.05) is 0 Å². The Morgan fingerprint density at radius 3 is 1.89 bits per heavy atom. The summed E-state index contributed by atoms with van der Waals surface area (Å²) in [6, 6.07) is 11.4. The number of aryl methyl sites for hydroxylation is 2. The van der Waals surface area contributed by atoms with Gasteiger partial charge in [-0.3, -0.25) is 4.57 Å². The standard InChI is InChI=1S/C29H32Cl2N2O2/c1-15-9-16(2)24-23(10-15)32-27(19-11-17(30)12-22(31)25(19)34)33(24)18-13-20(28(3,4)5)26(35)21(14-18)29(6,7)8/h9-14,34-35H,1-8H3. The molecule has 4 nitrogen and oxygen atoms in total. The molecule has 0 aliphatic rings. The van der Waals surface area contributed by atoms with E-state index in [0.29, 0.717) is 22.2 Å². The molecule has 1 aromatic heterocycles. The number of aromatic hydroxyl groups is 2. The number of halogens is 2. The molecule has 0 amide bonds. The van der Waals surface area contributed by atoms with Crippen LogP contribution in [0.15, 0.2) is 36.4 Å². The molecule has 4 aromatic rings. The summed E-state index contributed by atoms with van der Waals surface area (Å²) in [6.45, 7) is 16.6. The first kappa shape index (κ1) is 25.4. The van der Waals surface area contributed by atoms with Gasteiger partial charge in [0.2, 0.25) is 0 Å². The number of rotatable bonds is 2. The van der Waals surface area contributed by atoms with E-state index in [1.165, 1.54) is 6.07 Å². The molecular weight excluding hydrogens is 479 g/mol. The van der Waals surface area contributed by atoms with Crippen molar-refractivity contribution in [3.05, 3.63) is 68.7 Å². The highest BCUT2D eigenvalue weighted by Gasteiger charge is 2.29. The summed E-state index contributed by atoms with van der Waals surface area (Å²) in [5.74, 6) is 0.759. The molecule has 0 fully saturated rings. The van der Waals surface area contributed by atoms with Gasteiger partial charge in [0.15, 0.2) is 0 Å². The normalized spacial score (nSPS) is 12.5. The summed E-state index contributed by atoms with van der Waals surface area (Å²) in [4.78, 5) is 4.95. The molecule has 6 heteroatoms. The van der Waals surface area contributed by atoms with Crippen molar-refractivity contribution in [3.63, 3.8) is 0 Å². The van der Waals surface area contributed by atoms with Crippen LogP contribution in [0.4, 0.5) is 0 Å². The van der Waals surface area contributed by atoms with Gasteiger partial charge in [-0.05, 0) is 66.1 Å². The highest BCUT2D eigenvalue weighted by molar-refractivity contribution is 6.36. The molecule has 184 valence electrons. The first-order chi connectivity index (χ1) is 16.1. The van der Waals surface area contributed by atoms with E-state index in [9.17, 15) is 10.2 Å². The molecule has 0 atom stereocenters. The summed E-state index contributed by atoms with van der Waals surface area (Å²) in [5, 5.41) is 22.8. The molecule has 3 aromatic carbocycles. The Balaban J connectivity index is 2.21. The minimum Gasteiger partial charge on any atom is -0.507 e. The molecule has 2 N–H and O–H groups in total. The molecule has 4 rings (SSSR count). The Bertz CT molecular complexity index is 1440. The third-order valence-electron chi connectivity index (χ3n) is 6.32. The Morgan fingerprint density at radius 1 is 0.771 bits per heavy atom. The summed E-state index contributed by atoms with van der Waals surface area (Å²) < 4.78 is 2.04. The zero-order chi connectivity index (χ0) is 26.0. The topological polar surface area (TPSA) is 58.3 Å². The maximum atomic E-state index is 11.3. The van der Waals surface area contributed by atoms with Crippen molar-refractivity contribution >= 4 is 34.2 Å². The number of aromatic nitrogens is 2. The van der Waals surface area contributed by atoms with Crippen LogP contribution in [0.2, 0.25) is 10.0 Å². The monoisotopic (exact) mass is 510 g/mol. The molecule has 35 heavy (non-hydrogen) atoms. The molecule has 0 bridgehead atoms. The van der Waals surface area contributed by atoms with Crippen LogP contribution in [0.1, 0.15) is 63.8 Å². The predicted octanol–water partition coefficient (Wildman–Crippen LogP) is 8.62. The smallest absolute Gasteiger partial charge is 0.149 e. The lowest BCUT2D eigenvalue weighted by Gasteiger charge is -2.29. The van der Waals surface area contributed by atoms with Gasteiger partial charge in [-0.2, -0.15) is 0 Å². The van der Waals surface area contributed by atoms with E-state index in [1.807, 2.05) is 29.7 Å². The number of benzene rings is 3. The van der Waals surface area contributed by atoms with E-state index < -0.39 is 0 Å². The Kier molecular flexibility index (Phi) is 6.14. The van der Waals surface area contributed by atoms with Gasteiger partial charge in [-0.1, -0.05) is 70.8 Å². The van der Waals surface area contributed by atoms with Gasteiger partial charge in [0.05, 0.1) is 21.6 Å². The van der Waals surface area contributed by atoms with E-state index in [0.717, 1.165) is 39.0 Å². The fraction of sp³-hybridized carbons (Fsp3) is 0.345. The van der Waals surface area contributed by atoms with E-state index in [2.05, 4.69) is 54.5 Å². The average Bonchev–Trinajstić information content (AvgIpc) is 3.08. The number of fused-ring (bicyclic) bond motifs is 1. The van der Waals surface area contributed by atoms with Crippen LogP contribution < -0.4 is 0 Å². The average molecular weight is 511 g/mol. The van der Waals surface area contributed by atoms with Gasteiger partial charge in [0.25, 0.3) is 0 Å². The summed E-state index contributed by atoms with van der Waals surface area (Å²) >= 11 is 12.7. The molecule has 0 aliphatic carbocycles. The highest BCUT2D eigenvalue weighted by Crippen LogP contribution is 2.44. The van der Waals surface area contributed by atoms with Crippen molar-refractivity contribution < 1.29 is 10.2 Å². The Morgan fingerprint density at radius 2 is 1.34 bits per heavy atom. The molecule has 0 saturated carbocycles. The highest BCUT2D eigenvalue weighted by atomic mass is 35.5. The summed E-state index contributed by atoms with van der Waals surface area (Å²) in [5.41, 5.74) is 6.23. The molecule has 0 unspecified atom stereocenters. The zero-order valence-electron chi connectivity index (χ0n) is 21.5. The molecule has 0 spiro atoms. The van der Waals surface area contributed by atoms with Crippen LogP contribution in [0, 0.1) is 13.8 Å². The fourth-order valence-corrected chi connectivity index (χ4v) is 5.14. The largest absolute Gasteiger partial charge is 0.507 e. The van der Waals surface area contributed by atoms with Crippen molar-refractivity contribution in [2.45, 2.75) is 66.2 Å². The summed E-state index contributed by atoms with van der Waals surface area (Å²) in [6.07, 6.45) is 0. The summed E-state index contributed by atoms with van der Waals surface area (Å²) in [7, 11) is 0. The minimum absolute atomic E-state index is 0.0761. The van der Waals surface area contributed by atoms with Gasteiger partial charge >= 0.3 is 0 Å². The van der Waals surface area contributed by atoms with Crippen LogP contribution in [-0.4, -0.2) is 19.8 Å². The quantitative estimate of drug-likeness (QED) is 0.283. The minimum atomic E-state index is -0.302. The molecular formula is C29H32Cl2N2O2.